The summed E-state index contributed by atoms with van der Waals surface area (Å²) < 4.78 is 45.2. The van der Waals surface area contributed by atoms with Gasteiger partial charge in [0.1, 0.15) is 11.6 Å². The summed E-state index contributed by atoms with van der Waals surface area (Å²) in [6.07, 6.45) is 0.580. The van der Waals surface area contributed by atoms with Crippen LogP contribution in [0.5, 0.6) is 5.75 Å². The number of ether oxygens (including phenoxy) is 1. The molecule has 0 radical (unpaired) electrons. The molecule has 1 aliphatic heterocycles. The van der Waals surface area contributed by atoms with Gasteiger partial charge in [-0.2, -0.15) is 4.31 Å². The number of hydrogen-bond donors (Lipinski definition) is 0. The topological polar surface area (TPSA) is 63.7 Å². The maximum absolute atomic E-state index is 13.3. The maximum atomic E-state index is 13.3. The number of piperidine rings is 1. The second-order valence-electron chi connectivity index (χ2n) is 6.25. The van der Waals surface area contributed by atoms with Crippen LogP contribution in [0.4, 0.5) is 4.39 Å². The van der Waals surface area contributed by atoms with Crippen molar-refractivity contribution in [1.29, 1.82) is 0 Å². The number of nitrogens with zero attached hydrogens (tertiary/aromatic N) is 1. The summed E-state index contributed by atoms with van der Waals surface area (Å²) in [5.74, 6) is -1.43. The van der Waals surface area contributed by atoms with Gasteiger partial charge in [-0.05, 0) is 49.2 Å². The lowest BCUT2D eigenvalue weighted by molar-refractivity contribution is -0.140. The molecule has 5 nitrogen and oxygen atoms in total. The van der Waals surface area contributed by atoms with Crippen molar-refractivity contribution in [1.82, 2.24) is 4.31 Å². The highest BCUT2D eigenvalue weighted by Gasteiger charge is 2.33. The molecule has 1 aliphatic rings. The zero-order chi connectivity index (χ0) is 20.5. The SMILES string of the molecule is O=C(Oc1ccc(Cl)cc1Cl)C1CCN(S(=O)(=O)c2ccc(F)c(Cl)c2)CC1. The predicted octanol–water partition coefficient (Wildman–Crippen LogP) is 4.79. The molecule has 1 heterocycles. The Hall–Kier alpha value is -1.38. The van der Waals surface area contributed by atoms with E-state index in [4.69, 9.17) is 39.5 Å². The summed E-state index contributed by atoms with van der Waals surface area (Å²) in [5.41, 5.74) is 0. The molecular weight excluding hydrogens is 452 g/mol. The van der Waals surface area contributed by atoms with Gasteiger partial charge in [-0.1, -0.05) is 34.8 Å². The van der Waals surface area contributed by atoms with Crippen LogP contribution in [-0.4, -0.2) is 31.8 Å². The van der Waals surface area contributed by atoms with E-state index in [1.54, 1.807) is 6.07 Å². The minimum atomic E-state index is -3.83. The number of carbonyl (C=O) groups excluding carboxylic acids is 1. The molecule has 0 aliphatic carbocycles. The molecule has 1 saturated heterocycles. The summed E-state index contributed by atoms with van der Waals surface area (Å²) in [7, 11) is -3.83. The second-order valence-corrected chi connectivity index (χ2v) is 9.44. The third kappa shape index (κ3) is 4.60. The number of sulfonamides is 1. The Labute approximate surface area is 177 Å². The average Bonchev–Trinajstić information content (AvgIpc) is 2.66. The van der Waals surface area contributed by atoms with Gasteiger partial charge in [0.25, 0.3) is 0 Å². The normalized spacial score (nSPS) is 16.1. The van der Waals surface area contributed by atoms with Crippen molar-refractivity contribution in [2.75, 3.05) is 13.1 Å². The van der Waals surface area contributed by atoms with E-state index >= 15 is 0 Å². The van der Waals surface area contributed by atoms with Crippen molar-refractivity contribution in [2.24, 2.45) is 5.92 Å². The van der Waals surface area contributed by atoms with Crippen LogP contribution in [0.2, 0.25) is 15.1 Å². The van der Waals surface area contributed by atoms with Crippen molar-refractivity contribution in [3.63, 3.8) is 0 Å². The van der Waals surface area contributed by atoms with E-state index in [0.717, 1.165) is 12.1 Å². The summed E-state index contributed by atoms with van der Waals surface area (Å²) >= 11 is 17.5. The molecule has 0 saturated carbocycles. The van der Waals surface area contributed by atoms with Crippen molar-refractivity contribution < 1.29 is 22.3 Å². The van der Waals surface area contributed by atoms with Crippen LogP contribution < -0.4 is 4.74 Å². The van der Waals surface area contributed by atoms with E-state index in [1.807, 2.05) is 0 Å². The van der Waals surface area contributed by atoms with Crippen LogP contribution in [0.1, 0.15) is 12.8 Å². The van der Waals surface area contributed by atoms with Crippen LogP contribution in [0, 0.1) is 11.7 Å². The molecular formula is C18H15Cl3FNO4S. The van der Waals surface area contributed by atoms with E-state index in [2.05, 4.69) is 0 Å². The van der Waals surface area contributed by atoms with Gasteiger partial charge >= 0.3 is 5.97 Å². The fraction of sp³-hybridized carbons (Fsp3) is 0.278. The van der Waals surface area contributed by atoms with Gasteiger partial charge in [0.2, 0.25) is 10.0 Å². The maximum Gasteiger partial charge on any atom is 0.314 e. The van der Waals surface area contributed by atoms with Crippen LogP contribution in [0.25, 0.3) is 0 Å². The first-order chi connectivity index (χ1) is 13.2. The highest BCUT2D eigenvalue weighted by atomic mass is 35.5. The molecule has 10 heteroatoms. The third-order valence-corrected chi connectivity index (χ3v) is 7.14. The Morgan fingerprint density at radius 2 is 1.71 bits per heavy atom. The third-order valence-electron chi connectivity index (χ3n) is 4.42. The van der Waals surface area contributed by atoms with Crippen molar-refractivity contribution in [3.8, 4) is 5.75 Å². The van der Waals surface area contributed by atoms with Gasteiger partial charge in [0, 0.05) is 18.1 Å². The number of hydrogen-bond acceptors (Lipinski definition) is 4. The lowest BCUT2D eigenvalue weighted by Crippen LogP contribution is -2.41. The molecule has 1 fully saturated rings. The largest absolute Gasteiger partial charge is 0.425 e. The molecule has 0 bridgehead atoms. The number of esters is 1. The van der Waals surface area contributed by atoms with E-state index in [1.165, 1.54) is 22.5 Å². The van der Waals surface area contributed by atoms with Gasteiger partial charge in [-0.25, -0.2) is 12.8 Å². The summed E-state index contributed by atoms with van der Waals surface area (Å²) in [4.78, 5) is 12.3. The summed E-state index contributed by atoms with van der Waals surface area (Å²) in [6.45, 7) is 0.261. The zero-order valence-electron chi connectivity index (χ0n) is 14.4. The molecule has 3 rings (SSSR count). The molecule has 0 unspecified atom stereocenters. The Balaban J connectivity index is 1.64. The van der Waals surface area contributed by atoms with E-state index < -0.39 is 27.7 Å². The number of halogens is 4. The quantitative estimate of drug-likeness (QED) is 0.480. The Morgan fingerprint density at radius 1 is 1.04 bits per heavy atom. The average molecular weight is 467 g/mol. The van der Waals surface area contributed by atoms with Crippen LogP contribution in [-0.2, 0) is 14.8 Å². The molecule has 0 amide bonds. The fourth-order valence-electron chi connectivity index (χ4n) is 2.87. The molecule has 2 aromatic carbocycles. The van der Waals surface area contributed by atoms with Crippen LogP contribution >= 0.6 is 34.8 Å². The van der Waals surface area contributed by atoms with Crippen LogP contribution in [0.3, 0.4) is 0 Å². The highest BCUT2D eigenvalue weighted by Crippen LogP contribution is 2.30. The lowest BCUT2D eigenvalue weighted by atomic mass is 9.98. The first-order valence-electron chi connectivity index (χ1n) is 8.30. The first kappa shape index (κ1) is 21.3. The standard InChI is InChI=1S/C18H15Cl3FNO4S/c19-12-1-4-17(15(21)9-12)27-18(24)11-5-7-23(8-6-11)28(25,26)13-2-3-16(22)14(20)10-13/h1-4,9-11H,5-8H2. The molecule has 28 heavy (non-hydrogen) atoms. The van der Waals surface area contributed by atoms with Crippen molar-refractivity contribution >= 4 is 50.8 Å². The van der Waals surface area contributed by atoms with Gasteiger partial charge < -0.3 is 4.74 Å². The van der Waals surface area contributed by atoms with E-state index in [9.17, 15) is 17.6 Å². The monoisotopic (exact) mass is 465 g/mol. The van der Waals surface area contributed by atoms with E-state index in [-0.39, 0.29) is 46.6 Å². The van der Waals surface area contributed by atoms with E-state index in [0.29, 0.717) is 5.02 Å². The number of carbonyl (C=O) groups is 1. The molecule has 0 atom stereocenters. The minimum Gasteiger partial charge on any atom is -0.425 e. The molecule has 0 aromatic heterocycles. The van der Waals surface area contributed by atoms with Gasteiger partial charge in [-0.3, -0.25) is 4.79 Å². The molecule has 2 aromatic rings. The van der Waals surface area contributed by atoms with Gasteiger partial charge in [0.15, 0.2) is 0 Å². The molecule has 0 spiro atoms. The molecule has 150 valence electrons. The lowest BCUT2D eigenvalue weighted by Gasteiger charge is -2.30. The number of benzene rings is 2. The summed E-state index contributed by atoms with van der Waals surface area (Å²) in [5, 5.41) is 0.373. The fourth-order valence-corrected chi connectivity index (χ4v) is 5.06. The highest BCUT2D eigenvalue weighted by molar-refractivity contribution is 7.89. The van der Waals surface area contributed by atoms with Crippen LogP contribution in [0.15, 0.2) is 41.3 Å². The van der Waals surface area contributed by atoms with Crippen molar-refractivity contribution in [3.05, 3.63) is 57.3 Å². The Morgan fingerprint density at radius 3 is 2.32 bits per heavy atom. The number of rotatable bonds is 4. The van der Waals surface area contributed by atoms with Gasteiger partial charge in [-0.15, -0.1) is 0 Å². The predicted molar refractivity (Wildman–Crippen MR) is 105 cm³/mol. The minimum absolute atomic E-state index is 0.0899. The molecule has 0 N–H and O–H groups in total. The second kappa shape index (κ2) is 8.55. The first-order valence-corrected chi connectivity index (χ1v) is 10.9. The summed E-state index contributed by atoms with van der Waals surface area (Å²) in [6, 6.07) is 7.78. The zero-order valence-corrected chi connectivity index (χ0v) is 17.5. The van der Waals surface area contributed by atoms with Gasteiger partial charge in [0.05, 0.1) is 20.9 Å². The Kier molecular flexibility index (Phi) is 6.51. The van der Waals surface area contributed by atoms with Crippen molar-refractivity contribution in [2.45, 2.75) is 17.7 Å². The Bertz CT molecular complexity index is 1010. The smallest absolute Gasteiger partial charge is 0.314 e.